The highest BCUT2D eigenvalue weighted by Crippen LogP contribution is 2.38. The number of amidine groups is 1. The van der Waals surface area contributed by atoms with Gasteiger partial charge in [-0.3, -0.25) is 5.41 Å². The fraction of sp³-hybridized carbons (Fsp3) is 0.200. The van der Waals surface area contributed by atoms with Crippen molar-refractivity contribution in [1.29, 1.82) is 5.41 Å². The molecule has 0 amide bonds. The third-order valence-electron chi connectivity index (χ3n) is 3.60. The number of aliphatic hydroxyl groups is 1. The summed E-state index contributed by atoms with van der Waals surface area (Å²) >= 11 is 1.43. The minimum atomic E-state index is 0.164. The molecule has 0 spiro atoms. The highest BCUT2D eigenvalue weighted by atomic mass is 32.1. The van der Waals surface area contributed by atoms with E-state index in [2.05, 4.69) is 4.98 Å². The van der Waals surface area contributed by atoms with Crippen LogP contribution in [0.15, 0.2) is 29.3 Å². The van der Waals surface area contributed by atoms with Crippen LogP contribution in [-0.4, -0.2) is 29.3 Å². The Balaban J connectivity index is 1.68. The van der Waals surface area contributed by atoms with Gasteiger partial charge < -0.3 is 19.5 Å². The Morgan fingerprint density at radius 3 is 2.91 bits per heavy atom. The topological polar surface area (TPSA) is 78.7 Å². The number of benzene rings is 1. The molecule has 0 unspecified atom stereocenters. The molecule has 2 aromatic rings. The van der Waals surface area contributed by atoms with Gasteiger partial charge >= 0.3 is 0 Å². The minimum Gasteiger partial charge on any atom is -0.510 e. The maximum absolute atomic E-state index is 10.3. The van der Waals surface area contributed by atoms with E-state index in [-0.39, 0.29) is 24.9 Å². The third-order valence-corrected chi connectivity index (χ3v) is 4.58. The lowest BCUT2D eigenvalue weighted by molar-refractivity contribution is 0.174. The Hall–Kier alpha value is -2.54. The Morgan fingerprint density at radius 2 is 2.14 bits per heavy atom. The number of fused-ring (bicyclic) bond motifs is 1. The van der Waals surface area contributed by atoms with Gasteiger partial charge in [-0.05, 0) is 19.1 Å². The number of rotatable bonds is 2. The molecule has 0 saturated heterocycles. The number of ether oxygens (including phenoxy) is 2. The number of thiazole rings is 1. The first-order valence-corrected chi connectivity index (χ1v) is 7.62. The molecule has 2 N–H and O–H groups in total. The summed E-state index contributed by atoms with van der Waals surface area (Å²) in [6, 6.07) is 5.49. The molecule has 0 saturated carbocycles. The lowest BCUT2D eigenvalue weighted by atomic mass is 10.2. The second kappa shape index (κ2) is 4.74. The summed E-state index contributed by atoms with van der Waals surface area (Å²) in [6.45, 7) is 2.36. The summed E-state index contributed by atoms with van der Waals surface area (Å²) in [6.07, 6.45) is 0. The smallest absolute Gasteiger partial charge is 0.231 e. The van der Waals surface area contributed by atoms with Gasteiger partial charge in [0.05, 0.1) is 12.1 Å². The van der Waals surface area contributed by atoms with Gasteiger partial charge in [-0.1, -0.05) is 0 Å². The molecule has 3 heterocycles. The van der Waals surface area contributed by atoms with E-state index in [9.17, 15) is 5.11 Å². The summed E-state index contributed by atoms with van der Waals surface area (Å²) in [7, 11) is 0. The Labute approximate surface area is 130 Å². The van der Waals surface area contributed by atoms with Gasteiger partial charge in [-0.15, -0.1) is 11.3 Å². The van der Waals surface area contributed by atoms with Crippen LogP contribution < -0.4 is 14.4 Å². The van der Waals surface area contributed by atoms with Crippen LogP contribution in [0.25, 0.3) is 5.57 Å². The monoisotopic (exact) mass is 315 g/mol. The third kappa shape index (κ3) is 1.93. The number of aromatic nitrogens is 1. The fourth-order valence-electron chi connectivity index (χ4n) is 2.55. The predicted octanol–water partition coefficient (Wildman–Crippen LogP) is 2.95. The molecule has 1 aromatic carbocycles. The van der Waals surface area contributed by atoms with Gasteiger partial charge in [0.1, 0.15) is 16.6 Å². The zero-order chi connectivity index (χ0) is 15.3. The molecule has 0 radical (unpaired) electrons. The van der Waals surface area contributed by atoms with E-state index in [4.69, 9.17) is 14.9 Å². The van der Waals surface area contributed by atoms with E-state index in [1.165, 1.54) is 11.3 Å². The number of aliphatic hydroxyl groups excluding tert-OH is 1. The van der Waals surface area contributed by atoms with E-state index in [1.54, 1.807) is 4.90 Å². The van der Waals surface area contributed by atoms with Crippen molar-refractivity contribution in [2.75, 3.05) is 18.2 Å². The van der Waals surface area contributed by atoms with Crippen molar-refractivity contribution >= 4 is 28.4 Å². The second-order valence-electron chi connectivity index (χ2n) is 5.09. The fourth-order valence-corrected chi connectivity index (χ4v) is 3.41. The molecule has 0 fully saturated rings. The number of anilines is 1. The van der Waals surface area contributed by atoms with Gasteiger partial charge in [0.15, 0.2) is 11.5 Å². The lowest BCUT2D eigenvalue weighted by Gasteiger charge is -2.18. The molecular formula is C15H13N3O3S. The average molecular weight is 315 g/mol. The van der Waals surface area contributed by atoms with Crippen molar-refractivity contribution in [3.05, 3.63) is 40.0 Å². The Morgan fingerprint density at radius 1 is 1.32 bits per heavy atom. The number of hydrogen-bond acceptors (Lipinski definition) is 6. The highest BCUT2D eigenvalue weighted by molar-refractivity contribution is 7.11. The van der Waals surface area contributed by atoms with Crippen molar-refractivity contribution in [2.24, 2.45) is 0 Å². The van der Waals surface area contributed by atoms with Crippen molar-refractivity contribution < 1.29 is 14.6 Å². The highest BCUT2D eigenvalue weighted by Gasteiger charge is 2.31. The van der Waals surface area contributed by atoms with Crippen LogP contribution >= 0.6 is 11.3 Å². The van der Waals surface area contributed by atoms with E-state index in [1.807, 2.05) is 30.5 Å². The lowest BCUT2D eigenvalue weighted by Crippen LogP contribution is -2.25. The van der Waals surface area contributed by atoms with Gasteiger partial charge in [0.25, 0.3) is 0 Å². The zero-order valence-corrected chi connectivity index (χ0v) is 12.6. The van der Waals surface area contributed by atoms with Crippen LogP contribution in [0, 0.1) is 12.3 Å². The maximum atomic E-state index is 10.3. The zero-order valence-electron chi connectivity index (χ0n) is 11.8. The standard InChI is InChI=1S/C15H13N3O3S/c1-8-6-22-15(17-8)13-10(19)5-18(14(13)16)9-2-3-11-12(4-9)21-7-20-11/h2-4,6,16,19H,5,7H2,1H3. The van der Waals surface area contributed by atoms with Gasteiger partial charge in [-0.2, -0.15) is 0 Å². The molecule has 0 aliphatic carbocycles. The van der Waals surface area contributed by atoms with E-state index in [0.29, 0.717) is 22.1 Å². The number of aryl methyl sites for hydroxylation is 1. The minimum absolute atomic E-state index is 0.164. The first kappa shape index (κ1) is 13.1. The van der Waals surface area contributed by atoms with Crippen LogP contribution in [0.4, 0.5) is 5.69 Å². The Bertz CT molecular complexity index is 812. The van der Waals surface area contributed by atoms with Crippen molar-refractivity contribution in [3.8, 4) is 11.5 Å². The van der Waals surface area contributed by atoms with Gasteiger partial charge in [0, 0.05) is 22.8 Å². The molecule has 1 aromatic heterocycles. The van der Waals surface area contributed by atoms with E-state index < -0.39 is 0 Å². The molecule has 6 nitrogen and oxygen atoms in total. The Kier molecular flexibility index (Phi) is 2.83. The largest absolute Gasteiger partial charge is 0.510 e. The summed E-state index contributed by atoms with van der Waals surface area (Å²) < 4.78 is 10.7. The number of nitrogens with one attached hydrogen (secondary N) is 1. The molecule has 2 aliphatic rings. The maximum Gasteiger partial charge on any atom is 0.231 e. The summed E-state index contributed by atoms with van der Waals surface area (Å²) in [4.78, 5) is 6.09. The van der Waals surface area contributed by atoms with E-state index in [0.717, 1.165) is 11.4 Å². The molecule has 2 aliphatic heterocycles. The van der Waals surface area contributed by atoms with Crippen LogP contribution in [0.1, 0.15) is 10.7 Å². The molecule has 112 valence electrons. The predicted molar refractivity (Wildman–Crippen MR) is 84.0 cm³/mol. The average Bonchev–Trinajstić information content (AvgIpc) is 3.18. The quantitative estimate of drug-likeness (QED) is 0.891. The molecule has 0 atom stereocenters. The first-order valence-electron chi connectivity index (χ1n) is 6.74. The van der Waals surface area contributed by atoms with E-state index >= 15 is 0 Å². The van der Waals surface area contributed by atoms with Crippen LogP contribution in [-0.2, 0) is 0 Å². The molecular weight excluding hydrogens is 302 g/mol. The van der Waals surface area contributed by atoms with Gasteiger partial charge in [-0.25, -0.2) is 4.98 Å². The van der Waals surface area contributed by atoms with Crippen molar-refractivity contribution in [2.45, 2.75) is 6.92 Å². The van der Waals surface area contributed by atoms with Crippen molar-refractivity contribution in [3.63, 3.8) is 0 Å². The van der Waals surface area contributed by atoms with Crippen molar-refractivity contribution in [1.82, 2.24) is 4.98 Å². The summed E-state index contributed by atoms with van der Waals surface area (Å²) in [5.41, 5.74) is 2.16. The normalized spacial score (nSPS) is 16.8. The molecule has 22 heavy (non-hydrogen) atoms. The molecule has 7 heteroatoms. The summed E-state index contributed by atoms with van der Waals surface area (Å²) in [5.74, 6) is 1.76. The number of nitrogens with zero attached hydrogens (tertiary/aromatic N) is 2. The van der Waals surface area contributed by atoms with Crippen LogP contribution in [0.3, 0.4) is 0 Å². The van der Waals surface area contributed by atoms with Crippen LogP contribution in [0.5, 0.6) is 11.5 Å². The summed E-state index contributed by atoms with van der Waals surface area (Å²) in [5, 5.41) is 21.2. The SMILES string of the molecule is Cc1csc(C2=C(O)CN(c3ccc4c(c3)OCO4)C2=N)n1. The molecule has 0 bridgehead atoms. The van der Waals surface area contributed by atoms with Crippen LogP contribution in [0.2, 0.25) is 0 Å². The molecule has 4 rings (SSSR count). The first-order chi connectivity index (χ1) is 10.6. The second-order valence-corrected chi connectivity index (χ2v) is 5.95. The number of hydrogen-bond donors (Lipinski definition) is 2. The van der Waals surface area contributed by atoms with Gasteiger partial charge in [0.2, 0.25) is 6.79 Å².